The molecule has 0 aromatic heterocycles. The highest BCUT2D eigenvalue weighted by Crippen LogP contribution is 2.44. The topological polar surface area (TPSA) is 149 Å². The van der Waals surface area contributed by atoms with Crippen LogP contribution >= 0.6 is 0 Å². The Kier molecular flexibility index (Phi) is 7.83. The Bertz CT molecular complexity index is 593. The van der Waals surface area contributed by atoms with E-state index in [1.54, 1.807) is 0 Å². The largest absolute Gasteiger partial charge is 0.481 e. The van der Waals surface area contributed by atoms with Crippen molar-refractivity contribution in [2.45, 2.75) is 64.2 Å². The first kappa shape index (κ1) is 22.2. The van der Waals surface area contributed by atoms with Crippen LogP contribution in [0.15, 0.2) is 0 Å². The van der Waals surface area contributed by atoms with Crippen LogP contribution in [-0.4, -0.2) is 44.3 Å². The molecule has 0 saturated heterocycles. The van der Waals surface area contributed by atoms with Crippen molar-refractivity contribution in [2.24, 2.45) is 35.5 Å². The number of carbonyl (C=O) groups is 4. The maximum Gasteiger partial charge on any atom is 0.307 e. The summed E-state index contributed by atoms with van der Waals surface area (Å²) in [4.78, 5) is 47.4. The summed E-state index contributed by atoms with van der Waals surface area (Å²) in [6.07, 6.45) is 6.58. The summed E-state index contributed by atoms with van der Waals surface area (Å²) in [6.45, 7) is 0. The average Bonchev–Trinajstić information content (AvgIpc) is 2.54. The lowest BCUT2D eigenvalue weighted by molar-refractivity contribution is -0.165. The van der Waals surface area contributed by atoms with Gasteiger partial charge in [0.1, 0.15) is 0 Å². The Balaban J connectivity index is 2.42. The summed E-state index contributed by atoms with van der Waals surface area (Å²) >= 11 is 0. The zero-order chi connectivity index (χ0) is 20.8. The molecule has 2 aliphatic rings. The lowest BCUT2D eigenvalue weighted by Gasteiger charge is -2.39. The Morgan fingerprint density at radius 2 is 1.04 bits per heavy atom. The minimum Gasteiger partial charge on any atom is -0.481 e. The highest BCUT2D eigenvalue weighted by Gasteiger charge is 2.48. The number of carboxylic acid groups (broad SMARTS) is 4. The molecule has 0 radical (unpaired) electrons. The fourth-order valence-electron chi connectivity index (χ4n) is 5.26. The van der Waals surface area contributed by atoms with Gasteiger partial charge in [-0.25, -0.2) is 0 Å². The van der Waals surface area contributed by atoms with Crippen molar-refractivity contribution in [3.05, 3.63) is 0 Å². The van der Waals surface area contributed by atoms with Gasteiger partial charge in [0.15, 0.2) is 0 Å². The first-order chi connectivity index (χ1) is 13.2. The quantitative estimate of drug-likeness (QED) is 0.552. The molecule has 0 spiro atoms. The minimum atomic E-state index is -1.41. The van der Waals surface area contributed by atoms with E-state index in [2.05, 4.69) is 0 Å². The molecule has 2 saturated carbocycles. The second-order valence-electron chi connectivity index (χ2n) is 8.28. The lowest BCUT2D eigenvalue weighted by Crippen LogP contribution is -2.44. The van der Waals surface area contributed by atoms with E-state index in [0.29, 0.717) is 0 Å². The van der Waals surface area contributed by atoms with E-state index in [-0.39, 0.29) is 18.8 Å². The fourth-order valence-corrected chi connectivity index (χ4v) is 5.26. The van der Waals surface area contributed by atoms with Gasteiger partial charge in [-0.05, 0) is 31.1 Å². The van der Waals surface area contributed by atoms with Gasteiger partial charge in [0.05, 0.1) is 23.7 Å². The molecule has 2 rings (SSSR count). The van der Waals surface area contributed by atoms with Gasteiger partial charge in [0, 0.05) is 0 Å². The van der Waals surface area contributed by atoms with E-state index >= 15 is 0 Å². The van der Waals surface area contributed by atoms with Crippen LogP contribution in [0.4, 0.5) is 0 Å². The van der Waals surface area contributed by atoms with Gasteiger partial charge < -0.3 is 20.4 Å². The van der Waals surface area contributed by atoms with Crippen molar-refractivity contribution in [3.63, 3.8) is 0 Å². The van der Waals surface area contributed by atoms with Crippen LogP contribution in [0, 0.1) is 35.5 Å². The molecule has 5 unspecified atom stereocenters. The molecule has 8 heteroatoms. The molecule has 28 heavy (non-hydrogen) atoms. The molecule has 5 atom stereocenters. The van der Waals surface area contributed by atoms with E-state index in [0.717, 1.165) is 44.9 Å². The van der Waals surface area contributed by atoms with Gasteiger partial charge in [-0.3, -0.25) is 19.2 Å². The molecule has 158 valence electrons. The van der Waals surface area contributed by atoms with E-state index < -0.39 is 59.9 Å². The molecule has 0 aliphatic heterocycles. The first-order valence-electron chi connectivity index (χ1n) is 10.1. The van der Waals surface area contributed by atoms with Gasteiger partial charge in [0.25, 0.3) is 0 Å². The monoisotopic (exact) mass is 398 g/mol. The van der Waals surface area contributed by atoms with Crippen molar-refractivity contribution in [1.82, 2.24) is 0 Å². The SMILES string of the molecule is O=C(O)C1CCC(C2CCCCCCC2)C(C(=O)O)C(C(=O)O)CC1C(=O)O. The number of rotatable bonds is 5. The minimum absolute atomic E-state index is 0.0269. The van der Waals surface area contributed by atoms with Crippen LogP contribution in [0.25, 0.3) is 0 Å². The Labute approximate surface area is 163 Å². The van der Waals surface area contributed by atoms with Crippen molar-refractivity contribution in [2.75, 3.05) is 0 Å². The molecule has 0 aromatic carbocycles. The highest BCUT2D eigenvalue weighted by molar-refractivity contribution is 5.83. The van der Waals surface area contributed by atoms with Crippen molar-refractivity contribution >= 4 is 23.9 Å². The van der Waals surface area contributed by atoms with E-state index in [4.69, 9.17) is 0 Å². The van der Waals surface area contributed by atoms with Crippen LogP contribution in [0.3, 0.4) is 0 Å². The Hall–Kier alpha value is -2.12. The van der Waals surface area contributed by atoms with Crippen molar-refractivity contribution in [1.29, 1.82) is 0 Å². The highest BCUT2D eigenvalue weighted by atomic mass is 16.4. The van der Waals surface area contributed by atoms with Crippen molar-refractivity contribution < 1.29 is 39.6 Å². The molecule has 0 aromatic rings. The van der Waals surface area contributed by atoms with Crippen LogP contribution in [-0.2, 0) is 19.2 Å². The van der Waals surface area contributed by atoms with Crippen LogP contribution in [0.2, 0.25) is 0 Å². The molecule has 0 amide bonds. The van der Waals surface area contributed by atoms with Crippen molar-refractivity contribution in [3.8, 4) is 0 Å². The molecule has 0 bridgehead atoms. The predicted molar refractivity (Wildman–Crippen MR) is 97.7 cm³/mol. The third kappa shape index (κ3) is 5.23. The normalized spacial score (nSPS) is 32.9. The van der Waals surface area contributed by atoms with Crippen LogP contribution < -0.4 is 0 Å². The molecule has 4 N–H and O–H groups in total. The smallest absolute Gasteiger partial charge is 0.307 e. The molecule has 2 aliphatic carbocycles. The summed E-state index contributed by atoms with van der Waals surface area (Å²) in [5.41, 5.74) is 0. The predicted octanol–water partition coefficient (Wildman–Crippen LogP) is 2.95. The zero-order valence-electron chi connectivity index (χ0n) is 16.0. The summed E-state index contributed by atoms with van der Waals surface area (Å²) in [5.74, 6) is -10.9. The summed E-state index contributed by atoms with van der Waals surface area (Å²) in [5, 5.41) is 38.6. The lowest BCUT2D eigenvalue weighted by atomic mass is 9.63. The maximum atomic E-state index is 12.1. The molecule has 2 fully saturated rings. The summed E-state index contributed by atoms with van der Waals surface area (Å²) in [6, 6.07) is 0. The van der Waals surface area contributed by atoms with E-state index in [9.17, 15) is 39.6 Å². The summed E-state index contributed by atoms with van der Waals surface area (Å²) in [7, 11) is 0. The van der Waals surface area contributed by atoms with Gasteiger partial charge in [-0.1, -0.05) is 44.9 Å². The van der Waals surface area contributed by atoms with Gasteiger partial charge in [-0.15, -0.1) is 0 Å². The molecular weight excluding hydrogens is 368 g/mol. The second kappa shape index (κ2) is 9.89. The Morgan fingerprint density at radius 1 is 0.536 bits per heavy atom. The molecule has 0 heterocycles. The zero-order valence-corrected chi connectivity index (χ0v) is 16.0. The standard InChI is InChI=1S/C20H30O8/c21-17(22)13-9-8-12(11-6-4-2-1-3-5-7-11)16(20(27)28)15(19(25)26)10-14(13)18(23)24/h11-16H,1-10H2,(H,21,22)(H,23,24)(H,25,26)(H,27,28). The third-order valence-corrected chi connectivity index (χ3v) is 6.69. The van der Waals surface area contributed by atoms with E-state index in [1.165, 1.54) is 0 Å². The first-order valence-corrected chi connectivity index (χ1v) is 10.1. The molecule has 8 nitrogen and oxygen atoms in total. The van der Waals surface area contributed by atoms with Gasteiger partial charge in [0.2, 0.25) is 0 Å². The third-order valence-electron chi connectivity index (χ3n) is 6.69. The van der Waals surface area contributed by atoms with Crippen LogP contribution in [0.5, 0.6) is 0 Å². The molecular formula is C20H30O8. The average molecular weight is 398 g/mol. The fraction of sp³-hybridized carbons (Fsp3) is 0.800. The summed E-state index contributed by atoms with van der Waals surface area (Å²) < 4.78 is 0. The second-order valence-corrected chi connectivity index (χ2v) is 8.28. The van der Waals surface area contributed by atoms with E-state index in [1.807, 2.05) is 0 Å². The van der Waals surface area contributed by atoms with Gasteiger partial charge >= 0.3 is 23.9 Å². The number of hydrogen-bond donors (Lipinski definition) is 4. The maximum absolute atomic E-state index is 12.1. The van der Waals surface area contributed by atoms with Gasteiger partial charge in [-0.2, -0.15) is 0 Å². The Morgan fingerprint density at radius 3 is 1.50 bits per heavy atom. The van der Waals surface area contributed by atoms with Crippen LogP contribution in [0.1, 0.15) is 64.2 Å². The number of hydrogen-bond acceptors (Lipinski definition) is 4. The number of carboxylic acids is 4. The number of aliphatic carboxylic acids is 4.